The van der Waals surface area contributed by atoms with Crippen molar-refractivity contribution in [3.63, 3.8) is 0 Å². The van der Waals surface area contributed by atoms with Crippen molar-refractivity contribution in [1.82, 2.24) is 0 Å². The molecule has 0 aromatic heterocycles. The van der Waals surface area contributed by atoms with Crippen LogP contribution in [-0.4, -0.2) is 17.8 Å². The van der Waals surface area contributed by atoms with E-state index in [1.807, 2.05) is 0 Å². The fourth-order valence-electron chi connectivity index (χ4n) is 2.56. The van der Waals surface area contributed by atoms with E-state index in [1.165, 1.54) is 6.07 Å². The van der Waals surface area contributed by atoms with Gasteiger partial charge in [-0.2, -0.15) is 26.3 Å². The molecule has 0 amide bonds. The summed E-state index contributed by atoms with van der Waals surface area (Å²) in [5.74, 6) is -16.5. The SMILES string of the molecule is FC1(F)CC2=C(C(F)(F)C1(F)F)S(F)(F)c1ccccc12. The third kappa shape index (κ3) is 1.52. The van der Waals surface area contributed by atoms with Crippen molar-refractivity contribution in [1.29, 1.82) is 0 Å². The Kier molecular flexibility index (Phi) is 2.61. The van der Waals surface area contributed by atoms with Crippen LogP contribution in [-0.2, 0) is 0 Å². The second-order valence-corrected chi connectivity index (χ2v) is 6.59. The molecule has 116 valence electrons. The predicted molar refractivity (Wildman–Crippen MR) is 60.9 cm³/mol. The van der Waals surface area contributed by atoms with Crippen molar-refractivity contribution in [3.05, 3.63) is 34.7 Å². The Bertz CT molecular complexity index is 661. The molecule has 3 rings (SSSR count). The highest BCUT2D eigenvalue weighted by Crippen LogP contribution is 2.79. The summed E-state index contributed by atoms with van der Waals surface area (Å²) in [6.45, 7) is 0. The summed E-state index contributed by atoms with van der Waals surface area (Å²) >= 11 is 0. The summed E-state index contributed by atoms with van der Waals surface area (Å²) < 4.78 is 109. The van der Waals surface area contributed by atoms with Gasteiger partial charge in [-0.05, 0) is 17.2 Å². The number of benzene rings is 1. The van der Waals surface area contributed by atoms with Crippen molar-refractivity contribution in [2.24, 2.45) is 0 Å². The minimum Gasteiger partial charge on any atom is -0.199 e. The lowest BCUT2D eigenvalue weighted by atomic mass is 9.86. The van der Waals surface area contributed by atoms with Crippen LogP contribution in [0.2, 0.25) is 0 Å². The van der Waals surface area contributed by atoms with Crippen LogP contribution in [0.15, 0.2) is 34.1 Å². The van der Waals surface area contributed by atoms with E-state index in [-0.39, 0.29) is 0 Å². The van der Waals surface area contributed by atoms with Gasteiger partial charge in [0, 0.05) is 6.42 Å². The van der Waals surface area contributed by atoms with Gasteiger partial charge in [0.25, 0.3) is 0 Å². The smallest absolute Gasteiger partial charge is 0.199 e. The van der Waals surface area contributed by atoms with Gasteiger partial charge < -0.3 is 0 Å². The van der Waals surface area contributed by atoms with E-state index in [0.717, 1.165) is 18.2 Å². The van der Waals surface area contributed by atoms with Gasteiger partial charge in [0.05, 0.1) is 4.90 Å². The molecule has 1 aliphatic heterocycles. The molecule has 1 aliphatic carbocycles. The molecular formula is C12H6F8S. The maximum atomic E-state index is 14.1. The number of hydrogen-bond donors (Lipinski definition) is 0. The molecule has 0 fully saturated rings. The molecule has 9 heteroatoms. The van der Waals surface area contributed by atoms with Crippen LogP contribution in [0, 0.1) is 0 Å². The summed E-state index contributed by atoms with van der Waals surface area (Å²) in [7, 11) is -5.42. The summed E-state index contributed by atoms with van der Waals surface area (Å²) in [5, 5.41) is 0. The second-order valence-electron chi connectivity index (χ2n) is 4.80. The first-order chi connectivity index (χ1) is 9.44. The van der Waals surface area contributed by atoms with Crippen molar-refractivity contribution in [2.45, 2.75) is 29.1 Å². The number of fused-ring (bicyclic) bond motifs is 2. The monoisotopic (exact) mass is 334 g/mol. The summed E-state index contributed by atoms with van der Waals surface area (Å²) in [6.07, 6.45) is -1.83. The second kappa shape index (κ2) is 3.74. The first kappa shape index (κ1) is 14.7. The zero-order valence-electron chi connectivity index (χ0n) is 9.95. The first-order valence-corrected chi connectivity index (χ1v) is 7.07. The van der Waals surface area contributed by atoms with Crippen LogP contribution in [0.25, 0.3) is 5.57 Å². The largest absolute Gasteiger partial charge is 0.377 e. The van der Waals surface area contributed by atoms with Gasteiger partial charge in [0.2, 0.25) is 0 Å². The molecule has 0 atom stereocenters. The predicted octanol–water partition coefficient (Wildman–Crippen LogP) is 5.65. The molecule has 0 bridgehead atoms. The molecule has 0 unspecified atom stereocenters. The van der Waals surface area contributed by atoms with Crippen LogP contribution in [0.5, 0.6) is 0 Å². The lowest BCUT2D eigenvalue weighted by Crippen LogP contribution is -2.57. The Morgan fingerprint density at radius 3 is 2.10 bits per heavy atom. The highest BCUT2D eigenvalue weighted by atomic mass is 32.3. The van der Waals surface area contributed by atoms with Crippen LogP contribution in [0.1, 0.15) is 12.0 Å². The Hall–Kier alpha value is -1.25. The molecule has 0 nitrogen and oxygen atoms in total. The number of rotatable bonds is 0. The van der Waals surface area contributed by atoms with Crippen LogP contribution in [0.4, 0.5) is 34.1 Å². The van der Waals surface area contributed by atoms with E-state index in [0.29, 0.717) is 0 Å². The Balaban J connectivity index is 2.35. The van der Waals surface area contributed by atoms with Crippen molar-refractivity contribution < 1.29 is 34.1 Å². The van der Waals surface area contributed by atoms with Crippen LogP contribution >= 0.6 is 10.8 Å². The van der Waals surface area contributed by atoms with Crippen molar-refractivity contribution >= 4 is 16.4 Å². The maximum absolute atomic E-state index is 14.1. The lowest BCUT2D eigenvalue weighted by molar-refractivity contribution is -0.295. The Labute approximate surface area is 115 Å². The average molecular weight is 334 g/mol. The number of allylic oxidation sites excluding steroid dienone is 2. The summed E-state index contributed by atoms with van der Waals surface area (Å²) in [6, 6.07) is 4.09. The third-order valence-corrected chi connectivity index (χ3v) is 5.48. The van der Waals surface area contributed by atoms with Crippen molar-refractivity contribution in [3.8, 4) is 0 Å². The molecule has 2 aliphatic rings. The molecule has 21 heavy (non-hydrogen) atoms. The highest BCUT2D eigenvalue weighted by Gasteiger charge is 2.79. The zero-order valence-corrected chi connectivity index (χ0v) is 10.8. The minimum absolute atomic E-state index is 0.498. The normalized spacial score (nSPS) is 28.8. The molecule has 0 spiro atoms. The van der Waals surface area contributed by atoms with Gasteiger partial charge in [0.1, 0.15) is 15.7 Å². The Morgan fingerprint density at radius 1 is 0.905 bits per heavy atom. The van der Waals surface area contributed by atoms with Gasteiger partial charge >= 0.3 is 17.8 Å². The van der Waals surface area contributed by atoms with E-state index in [4.69, 9.17) is 0 Å². The number of alkyl halides is 6. The maximum Gasteiger partial charge on any atom is 0.377 e. The van der Waals surface area contributed by atoms with Gasteiger partial charge in [-0.1, -0.05) is 18.2 Å². The fraction of sp³-hybridized carbons (Fsp3) is 0.333. The first-order valence-electron chi connectivity index (χ1n) is 5.64. The molecule has 1 heterocycles. The van der Waals surface area contributed by atoms with E-state index in [1.54, 1.807) is 0 Å². The lowest BCUT2D eigenvalue weighted by Gasteiger charge is -2.39. The van der Waals surface area contributed by atoms with E-state index in [2.05, 4.69) is 0 Å². The van der Waals surface area contributed by atoms with Gasteiger partial charge in [-0.25, -0.2) is 0 Å². The number of hydrogen-bond acceptors (Lipinski definition) is 0. The Morgan fingerprint density at radius 2 is 1.48 bits per heavy atom. The highest BCUT2D eigenvalue weighted by molar-refractivity contribution is 8.29. The number of halogens is 8. The molecule has 1 aromatic rings. The van der Waals surface area contributed by atoms with Crippen LogP contribution in [0.3, 0.4) is 0 Å². The summed E-state index contributed by atoms with van der Waals surface area (Å²) in [5.41, 5.74) is -1.56. The zero-order chi connectivity index (χ0) is 15.8. The van der Waals surface area contributed by atoms with E-state index >= 15 is 0 Å². The minimum atomic E-state index is -5.85. The standard InChI is InChI=1S/C12H6F8S/c13-10(14)5-7-6-3-1-2-4-8(6)21(19,20)9(7)11(15,16)12(10,17)18/h1-4H,5H2. The van der Waals surface area contributed by atoms with Gasteiger partial charge in [-0.3, -0.25) is 0 Å². The van der Waals surface area contributed by atoms with Gasteiger partial charge in [-0.15, -0.1) is 7.77 Å². The topological polar surface area (TPSA) is 0 Å². The quantitative estimate of drug-likeness (QED) is 0.538. The van der Waals surface area contributed by atoms with E-state index < -0.39 is 55.9 Å². The summed E-state index contributed by atoms with van der Waals surface area (Å²) in [4.78, 5) is -3.00. The molecule has 0 saturated heterocycles. The molecule has 0 saturated carbocycles. The van der Waals surface area contributed by atoms with Crippen LogP contribution < -0.4 is 0 Å². The fourth-order valence-corrected chi connectivity index (χ4v) is 4.44. The average Bonchev–Trinajstić information content (AvgIpc) is 2.57. The van der Waals surface area contributed by atoms with E-state index in [9.17, 15) is 34.1 Å². The molecule has 0 radical (unpaired) electrons. The molecule has 0 N–H and O–H groups in total. The molecular weight excluding hydrogens is 328 g/mol. The van der Waals surface area contributed by atoms with Gasteiger partial charge in [0.15, 0.2) is 0 Å². The van der Waals surface area contributed by atoms with Crippen molar-refractivity contribution in [2.75, 3.05) is 0 Å². The third-order valence-electron chi connectivity index (χ3n) is 3.56. The molecule has 1 aromatic carbocycles.